The van der Waals surface area contributed by atoms with Gasteiger partial charge in [-0.1, -0.05) is 13.8 Å². The molecule has 1 aliphatic rings. The number of likely N-dealkylation sites (N-methyl/N-ethyl adjacent to an activating group) is 1. The Labute approximate surface area is 158 Å². The predicted octanol–water partition coefficient (Wildman–Crippen LogP) is -1.63. The summed E-state index contributed by atoms with van der Waals surface area (Å²) in [6.07, 6.45) is -0.0335. The summed E-state index contributed by atoms with van der Waals surface area (Å²) in [4.78, 5) is 51.0. The molecule has 0 bridgehead atoms. The van der Waals surface area contributed by atoms with Gasteiger partial charge < -0.3 is 31.1 Å². The first kappa shape index (κ1) is 22.8. The van der Waals surface area contributed by atoms with Gasteiger partial charge >= 0.3 is 5.97 Å². The highest BCUT2D eigenvalue weighted by Gasteiger charge is 2.40. The third kappa shape index (κ3) is 5.90. The molecule has 0 aromatic heterocycles. The molecule has 0 radical (unpaired) electrons. The second kappa shape index (κ2) is 9.65. The van der Waals surface area contributed by atoms with Gasteiger partial charge in [0.2, 0.25) is 17.7 Å². The number of carbonyl (C=O) groups excluding carboxylic acids is 3. The zero-order valence-corrected chi connectivity index (χ0v) is 16.2. The quantitative estimate of drug-likeness (QED) is 0.390. The van der Waals surface area contributed by atoms with Crippen molar-refractivity contribution in [2.24, 2.45) is 11.7 Å². The van der Waals surface area contributed by atoms with Gasteiger partial charge in [0.1, 0.15) is 24.7 Å². The Bertz CT molecular complexity index is 580. The highest BCUT2D eigenvalue weighted by atomic mass is 16.4. The van der Waals surface area contributed by atoms with Gasteiger partial charge in [0.15, 0.2) is 0 Å². The van der Waals surface area contributed by atoms with E-state index in [2.05, 4.69) is 5.32 Å². The Morgan fingerprint density at radius 1 is 1.26 bits per heavy atom. The molecule has 0 aromatic rings. The number of aliphatic carboxylic acids is 1. The van der Waals surface area contributed by atoms with Crippen molar-refractivity contribution in [2.75, 3.05) is 20.1 Å². The summed E-state index contributed by atoms with van der Waals surface area (Å²) < 4.78 is 0. The summed E-state index contributed by atoms with van der Waals surface area (Å²) in [5.74, 6) is -2.92. The molecule has 1 rings (SSSR count). The maximum atomic E-state index is 13.0. The lowest BCUT2D eigenvalue weighted by Crippen LogP contribution is -2.58. The van der Waals surface area contributed by atoms with E-state index in [1.807, 2.05) is 0 Å². The number of hydrogen-bond acceptors (Lipinski definition) is 6. The first-order valence-corrected chi connectivity index (χ1v) is 8.98. The van der Waals surface area contributed by atoms with Crippen LogP contribution in [0.25, 0.3) is 0 Å². The fourth-order valence-corrected chi connectivity index (χ4v) is 2.98. The van der Waals surface area contributed by atoms with E-state index in [9.17, 15) is 24.3 Å². The minimum Gasteiger partial charge on any atom is -0.480 e. The van der Waals surface area contributed by atoms with Crippen LogP contribution >= 0.6 is 0 Å². The molecule has 154 valence electrons. The molecule has 0 saturated carbocycles. The van der Waals surface area contributed by atoms with Crippen molar-refractivity contribution in [3.8, 4) is 0 Å². The highest BCUT2D eigenvalue weighted by Crippen LogP contribution is 2.22. The number of hydrogen-bond donors (Lipinski definition) is 4. The zero-order chi connectivity index (χ0) is 20.9. The second-order valence-electron chi connectivity index (χ2n) is 7.27. The number of aliphatic hydroxyl groups excluding tert-OH is 1. The molecule has 1 fully saturated rings. The van der Waals surface area contributed by atoms with E-state index in [1.165, 1.54) is 18.9 Å². The van der Waals surface area contributed by atoms with Gasteiger partial charge in [-0.25, -0.2) is 0 Å². The van der Waals surface area contributed by atoms with Crippen LogP contribution in [-0.2, 0) is 19.2 Å². The van der Waals surface area contributed by atoms with Crippen LogP contribution in [0.3, 0.4) is 0 Å². The van der Waals surface area contributed by atoms with Crippen LogP contribution < -0.4 is 11.1 Å². The highest BCUT2D eigenvalue weighted by molar-refractivity contribution is 5.94. The average molecular weight is 386 g/mol. The molecule has 0 aliphatic carbocycles. The van der Waals surface area contributed by atoms with E-state index in [4.69, 9.17) is 10.8 Å². The number of aliphatic hydroxyl groups is 1. The van der Waals surface area contributed by atoms with Gasteiger partial charge in [-0.3, -0.25) is 19.2 Å². The van der Waals surface area contributed by atoms with Crippen molar-refractivity contribution in [2.45, 2.75) is 57.8 Å². The fourth-order valence-electron chi connectivity index (χ4n) is 2.98. The van der Waals surface area contributed by atoms with E-state index >= 15 is 0 Å². The molecule has 4 unspecified atom stereocenters. The van der Waals surface area contributed by atoms with Crippen LogP contribution in [0.5, 0.6) is 0 Å². The van der Waals surface area contributed by atoms with Gasteiger partial charge in [-0.05, 0) is 25.7 Å². The first-order chi connectivity index (χ1) is 12.5. The molecule has 0 aromatic carbocycles. The first-order valence-electron chi connectivity index (χ1n) is 8.98. The van der Waals surface area contributed by atoms with Crippen molar-refractivity contribution in [1.82, 2.24) is 15.1 Å². The molecule has 10 heteroatoms. The standard InChI is InChI=1S/C17H30N4O6/c1-9(2)14(19-15(25)13(18)10(3)22)17(27)21-7-5-6-11(21)16(26)20(4)8-12(23)24/h9-11,13-14,22H,5-8,18H2,1-4H3,(H,19,25)(H,23,24). The molecule has 1 heterocycles. The lowest BCUT2D eigenvalue weighted by molar-refractivity contribution is -0.149. The Morgan fingerprint density at radius 3 is 2.33 bits per heavy atom. The molecule has 1 aliphatic heterocycles. The minimum atomic E-state index is -1.17. The van der Waals surface area contributed by atoms with Crippen LogP contribution in [0, 0.1) is 5.92 Å². The minimum absolute atomic E-state index is 0.268. The van der Waals surface area contributed by atoms with Gasteiger partial charge in [0, 0.05) is 13.6 Å². The normalized spacial score (nSPS) is 20.1. The number of nitrogens with one attached hydrogen (secondary N) is 1. The Morgan fingerprint density at radius 2 is 1.85 bits per heavy atom. The number of nitrogens with zero attached hydrogens (tertiary/aromatic N) is 2. The summed E-state index contributed by atoms with van der Waals surface area (Å²) in [6, 6.07) is -2.83. The monoisotopic (exact) mass is 386 g/mol. The van der Waals surface area contributed by atoms with E-state index in [1.54, 1.807) is 13.8 Å². The predicted molar refractivity (Wildman–Crippen MR) is 96.4 cm³/mol. The van der Waals surface area contributed by atoms with Gasteiger partial charge in [-0.15, -0.1) is 0 Å². The Balaban J connectivity index is 2.92. The lowest BCUT2D eigenvalue weighted by Gasteiger charge is -2.32. The summed E-state index contributed by atoms with van der Waals surface area (Å²) in [6.45, 7) is 4.77. The molecule has 27 heavy (non-hydrogen) atoms. The number of likely N-dealkylation sites (tertiary alicyclic amines) is 1. The zero-order valence-electron chi connectivity index (χ0n) is 16.2. The molecule has 4 atom stereocenters. The second-order valence-corrected chi connectivity index (χ2v) is 7.27. The van der Waals surface area contributed by atoms with Crippen molar-refractivity contribution >= 4 is 23.7 Å². The fraction of sp³-hybridized carbons (Fsp3) is 0.765. The number of carbonyl (C=O) groups is 4. The lowest BCUT2D eigenvalue weighted by atomic mass is 10.0. The molecule has 1 saturated heterocycles. The van der Waals surface area contributed by atoms with Crippen LogP contribution in [0.1, 0.15) is 33.6 Å². The SMILES string of the molecule is CC(C)C(NC(=O)C(N)C(C)O)C(=O)N1CCCC1C(=O)N(C)CC(=O)O. The summed E-state index contributed by atoms with van der Waals surface area (Å²) >= 11 is 0. The molecule has 3 amide bonds. The maximum Gasteiger partial charge on any atom is 0.323 e. The molecule has 10 nitrogen and oxygen atoms in total. The third-order valence-electron chi connectivity index (χ3n) is 4.62. The average Bonchev–Trinajstić information content (AvgIpc) is 3.05. The maximum absolute atomic E-state index is 13.0. The van der Waals surface area contributed by atoms with E-state index in [-0.39, 0.29) is 5.92 Å². The topological polar surface area (TPSA) is 153 Å². The van der Waals surface area contributed by atoms with E-state index < -0.39 is 54.5 Å². The van der Waals surface area contributed by atoms with Crippen LogP contribution in [0.4, 0.5) is 0 Å². The van der Waals surface area contributed by atoms with Crippen molar-refractivity contribution in [3.05, 3.63) is 0 Å². The number of carboxylic acid groups (broad SMARTS) is 1. The van der Waals surface area contributed by atoms with Crippen LogP contribution in [0.2, 0.25) is 0 Å². The van der Waals surface area contributed by atoms with E-state index in [0.29, 0.717) is 19.4 Å². The summed E-state index contributed by atoms with van der Waals surface area (Å²) in [7, 11) is 1.38. The largest absolute Gasteiger partial charge is 0.480 e. The molecular weight excluding hydrogens is 356 g/mol. The Hall–Kier alpha value is -2.20. The Kier molecular flexibility index (Phi) is 8.17. The summed E-state index contributed by atoms with van der Waals surface area (Å²) in [5, 5.41) is 20.9. The molecule has 5 N–H and O–H groups in total. The van der Waals surface area contributed by atoms with Gasteiger partial charge in [0.05, 0.1) is 6.10 Å². The number of rotatable bonds is 8. The van der Waals surface area contributed by atoms with Crippen molar-refractivity contribution in [1.29, 1.82) is 0 Å². The number of carboxylic acids is 1. The molecule has 0 spiro atoms. The molecular formula is C17H30N4O6. The summed E-state index contributed by atoms with van der Waals surface area (Å²) in [5.41, 5.74) is 5.62. The van der Waals surface area contributed by atoms with Gasteiger partial charge in [0.25, 0.3) is 0 Å². The third-order valence-corrected chi connectivity index (χ3v) is 4.62. The van der Waals surface area contributed by atoms with E-state index in [0.717, 1.165) is 4.90 Å². The van der Waals surface area contributed by atoms with Crippen molar-refractivity contribution in [3.63, 3.8) is 0 Å². The van der Waals surface area contributed by atoms with Crippen LogP contribution in [-0.4, -0.2) is 88.1 Å². The van der Waals surface area contributed by atoms with Crippen LogP contribution in [0.15, 0.2) is 0 Å². The number of amides is 3. The number of nitrogens with two attached hydrogens (primary N) is 1. The smallest absolute Gasteiger partial charge is 0.323 e. The van der Waals surface area contributed by atoms with Crippen molar-refractivity contribution < 1.29 is 29.4 Å². The van der Waals surface area contributed by atoms with Gasteiger partial charge in [-0.2, -0.15) is 0 Å².